The van der Waals surface area contributed by atoms with E-state index in [-0.39, 0.29) is 12.5 Å². The minimum atomic E-state index is 0.110. The Morgan fingerprint density at radius 2 is 1.90 bits per heavy atom. The number of hydrogen-bond donors (Lipinski definition) is 0. The number of nitrogens with zero attached hydrogens (tertiary/aromatic N) is 1. The van der Waals surface area contributed by atoms with Crippen molar-refractivity contribution in [1.82, 2.24) is 4.90 Å². The molecule has 1 fully saturated rings. The summed E-state index contributed by atoms with van der Waals surface area (Å²) in [5, 5.41) is 0. The van der Waals surface area contributed by atoms with E-state index in [9.17, 15) is 4.79 Å². The summed E-state index contributed by atoms with van der Waals surface area (Å²) in [6, 6.07) is 8.30. The van der Waals surface area contributed by atoms with Crippen molar-refractivity contribution >= 4 is 17.7 Å². The Hall–Kier alpha value is -1.16. The predicted molar refractivity (Wildman–Crippen MR) is 88.0 cm³/mol. The number of carbonyl (C=O) groups excluding carboxylic acids is 1. The number of rotatable bonds is 6. The molecule has 0 atom stereocenters. The third-order valence-electron chi connectivity index (χ3n) is 4.10. The molecule has 116 valence electrons. The third kappa shape index (κ3) is 4.67. The molecule has 0 aliphatic heterocycles. The first-order chi connectivity index (χ1) is 10.2. The van der Waals surface area contributed by atoms with Crippen LogP contribution in [0.5, 0.6) is 5.75 Å². The Morgan fingerprint density at radius 1 is 1.24 bits per heavy atom. The van der Waals surface area contributed by atoms with E-state index in [0.29, 0.717) is 6.04 Å². The van der Waals surface area contributed by atoms with E-state index >= 15 is 0 Å². The fourth-order valence-electron chi connectivity index (χ4n) is 2.93. The number of ether oxygens (including phenoxy) is 1. The van der Waals surface area contributed by atoms with E-state index < -0.39 is 0 Å². The summed E-state index contributed by atoms with van der Waals surface area (Å²) in [5.41, 5.74) is 0. The van der Waals surface area contributed by atoms with Gasteiger partial charge in [-0.05, 0) is 50.3 Å². The van der Waals surface area contributed by atoms with Gasteiger partial charge in [0.2, 0.25) is 0 Å². The molecule has 1 aliphatic rings. The lowest BCUT2D eigenvalue weighted by molar-refractivity contribution is -0.136. The fraction of sp³-hybridized carbons (Fsp3) is 0.588. The summed E-state index contributed by atoms with van der Waals surface area (Å²) in [6.07, 6.45) is 8.12. The summed E-state index contributed by atoms with van der Waals surface area (Å²) in [7, 11) is 0. The number of benzene rings is 1. The maximum Gasteiger partial charge on any atom is 0.260 e. The second kappa shape index (κ2) is 8.32. The first-order valence-corrected chi connectivity index (χ1v) is 9.03. The van der Waals surface area contributed by atoms with Gasteiger partial charge in [-0.25, -0.2) is 0 Å². The molecule has 1 aromatic carbocycles. The number of likely N-dealkylation sites (N-methyl/N-ethyl adjacent to an activating group) is 1. The average Bonchev–Trinajstić information content (AvgIpc) is 2.55. The van der Waals surface area contributed by atoms with Gasteiger partial charge in [-0.2, -0.15) is 0 Å². The van der Waals surface area contributed by atoms with Crippen molar-refractivity contribution in [3.8, 4) is 5.75 Å². The van der Waals surface area contributed by atoms with Crippen molar-refractivity contribution < 1.29 is 9.53 Å². The zero-order valence-corrected chi connectivity index (χ0v) is 13.8. The van der Waals surface area contributed by atoms with Gasteiger partial charge in [0.25, 0.3) is 5.91 Å². The van der Waals surface area contributed by atoms with Crippen LogP contribution >= 0.6 is 11.8 Å². The Balaban J connectivity index is 1.86. The van der Waals surface area contributed by atoms with Gasteiger partial charge < -0.3 is 9.64 Å². The first kappa shape index (κ1) is 16.2. The lowest BCUT2D eigenvalue weighted by Crippen LogP contribution is -2.43. The van der Waals surface area contributed by atoms with Crippen molar-refractivity contribution in [2.24, 2.45) is 0 Å². The predicted octanol–water partition coefficient (Wildman–Crippen LogP) is 3.97. The largest absolute Gasteiger partial charge is 0.484 e. The molecule has 1 aromatic rings. The Bertz CT molecular complexity index is 441. The van der Waals surface area contributed by atoms with Crippen LogP contribution in [0.3, 0.4) is 0 Å². The van der Waals surface area contributed by atoms with Crippen molar-refractivity contribution in [3.63, 3.8) is 0 Å². The molecule has 4 heteroatoms. The van der Waals surface area contributed by atoms with Gasteiger partial charge in [0, 0.05) is 17.5 Å². The molecule has 2 rings (SSSR count). The molecular weight excluding hydrogens is 282 g/mol. The van der Waals surface area contributed by atoms with E-state index in [0.717, 1.165) is 25.1 Å². The van der Waals surface area contributed by atoms with Crippen LogP contribution in [0.1, 0.15) is 39.0 Å². The summed E-state index contributed by atoms with van der Waals surface area (Å²) >= 11 is 1.70. The van der Waals surface area contributed by atoms with Crippen molar-refractivity contribution in [3.05, 3.63) is 24.3 Å². The number of thioether (sulfide) groups is 1. The molecule has 0 saturated heterocycles. The Kier molecular flexibility index (Phi) is 6.43. The number of hydrogen-bond acceptors (Lipinski definition) is 3. The van der Waals surface area contributed by atoms with Crippen LogP contribution < -0.4 is 4.74 Å². The minimum absolute atomic E-state index is 0.110. The van der Waals surface area contributed by atoms with Crippen LogP contribution in [0, 0.1) is 0 Å². The van der Waals surface area contributed by atoms with Gasteiger partial charge in [-0.3, -0.25) is 4.79 Å². The van der Waals surface area contributed by atoms with Crippen LogP contribution in [0.2, 0.25) is 0 Å². The minimum Gasteiger partial charge on any atom is -0.484 e. The monoisotopic (exact) mass is 307 g/mol. The molecule has 0 radical (unpaired) electrons. The molecule has 0 N–H and O–H groups in total. The third-order valence-corrected chi connectivity index (χ3v) is 4.84. The molecule has 1 saturated carbocycles. The van der Waals surface area contributed by atoms with Crippen molar-refractivity contribution in [2.75, 3.05) is 19.4 Å². The van der Waals surface area contributed by atoms with Crippen LogP contribution in [-0.2, 0) is 4.79 Å². The summed E-state index contributed by atoms with van der Waals surface area (Å²) < 4.78 is 5.64. The highest BCUT2D eigenvalue weighted by atomic mass is 32.2. The molecule has 0 spiro atoms. The maximum atomic E-state index is 12.4. The number of carbonyl (C=O) groups is 1. The maximum absolute atomic E-state index is 12.4. The van der Waals surface area contributed by atoms with Gasteiger partial charge in [-0.1, -0.05) is 19.3 Å². The molecular formula is C17H25NO2S. The zero-order valence-electron chi connectivity index (χ0n) is 13.0. The van der Waals surface area contributed by atoms with Gasteiger partial charge in [-0.15, -0.1) is 11.8 Å². The molecule has 1 aliphatic carbocycles. The summed E-state index contributed by atoms with van der Waals surface area (Å²) in [4.78, 5) is 15.6. The SMILES string of the molecule is CCN(C(=O)COc1ccc(SC)cc1)C1CCCCC1. The second-order valence-corrected chi connectivity index (χ2v) is 6.32. The van der Waals surface area contributed by atoms with Gasteiger partial charge in [0.05, 0.1) is 0 Å². The standard InChI is InChI=1S/C17H25NO2S/c1-3-18(14-7-5-4-6-8-14)17(19)13-20-15-9-11-16(21-2)12-10-15/h9-12,14H,3-8,13H2,1-2H3. The quantitative estimate of drug-likeness (QED) is 0.745. The first-order valence-electron chi connectivity index (χ1n) is 7.81. The van der Waals surface area contributed by atoms with E-state index in [1.165, 1.54) is 24.2 Å². The van der Waals surface area contributed by atoms with Crippen LogP contribution in [0.4, 0.5) is 0 Å². The molecule has 3 nitrogen and oxygen atoms in total. The van der Waals surface area contributed by atoms with Gasteiger partial charge in [0.15, 0.2) is 6.61 Å². The molecule has 1 amide bonds. The smallest absolute Gasteiger partial charge is 0.260 e. The van der Waals surface area contributed by atoms with E-state index in [2.05, 4.69) is 6.92 Å². The van der Waals surface area contributed by atoms with Crippen LogP contribution in [-0.4, -0.2) is 36.3 Å². The second-order valence-electron chi connectivity index (χ2n) is 5.44. The Morgan fingerprint density at radius 3 is 2.48 bits per heavy atom. The van der Waals surface area contributed by atoms with Crippen LogP contribution in [0.15, 0.2) is 29.2 Å². The van der Waals surface area contributed by atoms with E-state index in [4.69, 9.17) is 4.74 Å². The van der Waals surface area contributed by atoms with Crippen molar-refractivity contribution in [1.29, 1.82) is 0 Å². The molecule has 0 heterocycles. The highest BCUT2D eigenvalue weighted by molar-refractivity contribution is 7.98. The average molecular weight is 307 g/mol. The number of amides is 1. The topological polar surface area (TPSA) is 29.5 Å². The van der Waals surface area contributed by atoms with Crippen molar-refractivity contribution in [2.45, 2.75) is 50.0 Å². The van der Waals surface area contributed by atoms with Gasteiger partial charge >= 0.3 is 0 Å². The molecule has 21 heavy (non-hydrogen) atoms. The zero-order chi connectivity index (χ0) is 15.1. The normalized spacial score (nSPS) is 15.7. The molecule has 0 unspecified atom stereocenters. The highest BCUT2D eigenvalue weighted by Gasteiger charge is 2.24. The Labute approximate surface area is 132 Å². The summed E-state index contributed by atoms with van der Waals surface area (Å²) in [5.74, 6) is 0.874. The fourth-order valence-corrected chi connectivity index (χ4v) is 3.34. The molecule has 0 aromatic heterocycles. The van der Waals surface area contributed by atoms with E-state index in [1.807, 2.05) is 35.4 Å². The lowest BCUT2D eigenvalue weighted by atomic mass is 9.94. The summed E-state index contributed by atoms with van der Waals surface area (Å²) in [6.45, 7) is 2.97. The van der Waals surface area contributed by atoms with E-state index in [1.54, 1.807) is 11.8 Å². The van der Waals surface area contributed by atoms with Gasteiger partial charge in [0.1, 0.15) is 5.75 Å². The van der Waals surface area contributed by atoms with Crippen LogP contribution in [0.25, 0.3) is 0 Å². The lowest BCUT2D eigenvalue weighted by Gasteiger charge is -2.33. The molecule has 0 bridgehead atoms. The highest BCUT2D eigenvalue weighted by Crippen LogP contribution is 2.23.